The van der Waals surface area contributed by atoms with Gasteiger partial charge in [-0.2, -0.15) is 0 Å². The van der Waals surface area contributed by atoms with Crippen LogP contribution in [-0.2, 0) is 16.1 Å². The second-order valence-electron chi connectivity index (χ2n) is 4.23. The molecule has 8 heteroatoms. The average Bonchev–Trinajstić information content (AvgIpc) is 2.82. The van der Waals surface area contributed by atoms with Crippen LogP contribution in [0.5, 0.6) is 0 Å². The van der Waals surface area contributed by atoms with Gasteiger partial charge in [0.1, 0.15) is 6.61 Å². The number of halogens is 1. The number of thiazole rings is 1. The first-order valence-electron chi connectivity index (χ1n) is 5.81. The number of ether oxygens (including phenoxy) is 1. The van der Waals surface area contributed by atoms with Crippen LogP contribution in [0.2, 0.25) is 4.47 Å². The van der Waals surface area contributed by atoms with Crippen molar-refractivity contribution in [3.63, 3.8) is 0 Å². The SMILES string of the molecule is O=C(OCc1cnc(Cl)s1)C1CCN(C(=O)O)CC1. The Balaban J connectivity index is 1.77. The molecular formula is C11H13ClN2O4S. The Morgan fingerprint density at radius 3 is 2.74 bits per heavy atom. The van der Waals surface area contributed by atoms with E-state index in [1.807, 2.05) is 0 Å². The standard InChI is InChI=1S/C11H13ClN2O4S/c12-10-13-5-8(19-10)6-18-9(15)7-1-3-14(4-2-7)11(16)17/h5,7H,1-4,6H2,(H,16,17). The number of hydrogen-bond donors (Lipinski definition) is 1. The molecule has 0 unspecified atom stereocenters. The number of carbonyl (C=O) groups is 2. The highest BCUT2D eigenvalue weighted by atomic mass is 35.5. The van der Waals surface area contributed by atoms with Crippen LogP contribution in [0.4, 0.5) is 4.79 Å². The van der Waals surface area contributed by atoms with E-state index in [0.717, 1.165) is 4.88 Å². The first-order valence-corrected chi connectivity index (χ1v) is 7.00. The van der Waals surface area contributed by atoms with Gasteiger partial charge in [0.2, 0.25) is 0 Å². The fourth-order valence-corrected chi connectivity index (χ4v) is 2.81. The summed E-state index contributed by atoms with van der Waals surface area (Å²) in [4.78, 5) is 28.5. The molecule has 0 bridgehead atoms. The third-order valence-corrected chi connectivity index (χ3v) is 4.07. The summed E-state index contributed by atoms with van der Waals surface area (Å²) >= 11 is 6.95. The van der Waals surface area contributed by atoms with Crippen molar-refractivity contribution in [3.8, 4) is 0 Å². The van der Waals surface area contributed by atoms with E-state index in [0.29, 0.717) is 30.4 Å². The van der Waals surface area contributed by atoms with Crippen LogP contribution in [0.1, 0.15) is 17.7 Å². The highest BCUT2D eigenvalue weighted by Crippen LogP contribution is 2.21. The predicted molar refractivity (Wildman–Crippen MR) is 69.2 cm³/mol. The van der Waals surface area contributed by atoms with Gasteiger partial charge in [-0.25, -0.2) is 9.78 Å². The zero-order valence-electron chi connectivity index (χ0n) is 10.0. The van der Waals surface area contributed by atoms with Crippen molar-refractivity contribution >= 4 is 35.0 Å². The Labute approximate surface area is 118 Å². The Bertz CT molecular complexity index is 471. The number of likely N-dealkylation sites (tertiary alicyclic amines) is 1. The van der Waals surface area contributed by atoms with Crippen LogP contribution in [0, 0.1) is 5.92 Å². The van der Waals surface area contributed by atoms with E-state index >= 15 is 0 Å². The number of rotatable bonds is 3. The van der Waals surface area contributed by atoms with Crippen LogP contribution in [0.25, 0.3) is 0 Å². The van der Waals surface area contributed by atoms with Crippen molar-refractivity contribution in [2.24, 2.45) is 5.92 Å². The second kappa shape index (κ2) is 6.21. The number of nitrogens with zero attached hydrogens (tertiary/aromatic N) is 2. The number of carbonyl (C=O) groups excluding carboxylic acids is 1. The zero-order chi connectivity index (χ0) is 13.8. The molecule has 0 spiro atoms. The number of carboxylic acid groups (broad SMARTS) is 1. The molecule has 19 heavy (non-hydrogen) atoms. The lowest BCUT2D eigenvalue weighted by atomic mass is 9.97. The van der Waals surface area contributed by atoms with Crippen molar-refractivity contribution in [2.45, 2.75) is 19.4 Å². The Kier molecular flexibility index (Phi) is 4.60. The lowest BCUT2D eigenvalue weighted by Crippen LogP contribution is -2.39. The number of aromatic nitrogens is 1. The monoisotopic (exact) mass is 304 g/mol. The molecule has 0 radical (unpaired) electrons. The maximum absolute atomic E-state index is 11.8. The topological polar surface area (TPSA) is 79.7 Å². The molecule has 1 aliphatic heterocycles. The Hall–Kier alpha value is -1.34. The summed E-state index contributed by atoms with van der Waals surface area (Å²) in [6.45, 7) is 0.922. The van der Waals surface area contributed by atoms with Gasteiger partial charge in [-0.15, -0.1) is 11.3 Å². The molecule has 2 rings (SSSR count). The summed E-state index contributed by atoms with van der Waals surface area (Å²) < 4.78 is 5.60. The van der Waals surface area contributed by atoms with Crippen LogP contribution in [0.15, 0.2) is 6.20 Å². The van der Waals surface area contributed by atoms with Crippen LogP contribution in [0.3, 0.4) is 0 Å². The summed E-state index contributed by atoms with van der Waals surface area (Å²) in [6, 6.07) is 0. The van der Waals surface area contributed by atoms with Crippen molar-refractivity contribution in [1.29, 1.82) is 0 Å². The molecule has 104 valence electrons. The second-order valence-corrected chi connectivity index (χ2v) is 5.93. The number of esters is 1. The van der Waals surface area contributed by atoms with Gasteiger partial charge in [-0.1, -0.05) is 11.6 Å². The average molecular weight is 305 g/mol. The predicted octanol–water partition coefficient (Wildman–Crippen LogP) is 2.23. The molecule has 1 aromatic heterocycles. The quantitative estimate of drug-likeness (QED) is 0.866. The van der Waals surface area contributed by atoms with E-state index in [-0.39, 0.29) is 18.5 Å². The molecular weight excluding hydrogens is 292 g/mol. The van der Waals surface area contributed by atoms with E-state index in [9.17, 15) is 9.59 Å². The lowest BCUT2D eigenvalue weighted by Gasteiger charge is -2.28. The summed E-state index contributed by atoms with van der Waals surface area (Å²) in [6.07, 6.45) is 1.65. The van der Waals surface area contributed by atoms with E-state index < -0.39 is 6.09 Å². The third-order valence-electron chi connectivity index (χ3n) is 2.98. The van der Waals surface area contributed by atoms with E-state index in [2.05, 4.69) is 4.98 Å². The fraction of sp³-hybridized carbons (Fsp3) is 0.545. The molecule has 2 heterocycles. The van der Waals surface area contributed by atoms with Crippen LogP contribution < -0.4 is 0 Å². The zero-order valence-corrected chi connectivity index (χ0v) is 11.6. The maximum atomic E-state index is 11.8. The lowest BCUT2D eigenvalue weighted by molar-refractivity contribution is -0.151. The molecule has 0 aliphatic carbocycles. The molecule has 1 amide bonds. The Morgan fingerprint density at radius 1 is 1.53 bits per heavy atom. The van der Waals surface area contributed by atoms with Crippen molar-refractivity contribution in [1.82, 2.24) is 9.88 Å². The number of hydrogen-bond acceptors (Lipinski definition) is 5. The minimum atomic E-state index is -0.939. The van der Waals surface area contributed by atoms with Gasteiger partial charge < -0.3 is 14.7 Å². The first kappa shape index (κ1) is 14.1. The third kappa shape index (κ3) is 3.81. The molecule has 0 aromatic carbocycles. The fourth-order valence-electron chi connectivity index (χ4n) is 1.92. The highest BCUT2D eigenvalue weighted by molar-refractivity contribution is 7.15. The minimum Gasteiger partial charge on any atom is -0.465 e. The molecule has 0 saturated carbocycles. The van der Waals surface area contributed by atoms with E-state index in [1.54, 1.807) is 6.20 Å². The van der Waals surface area contributed by atoms with Crippen LogP contribution in [-0.4, -0.2) is 40.1 Å². The van der Waals surface area contributed by atoms with Gasteiger partial charge in [0.15, 0.2) is 4.47 Å². The normalized spacial score (nSPS) is 16.4. The van der Waals surface area contributed by atoms with Gasteiger partial charge in [0.05, 0.1) is 10.8 Å². The Morgan fingerprint density at radius 2 is 2.21 bits per heavy atom. The van der Waals surface area contributed by atoms with Gasteiger partial charge >= 0.3 is 12.1 Å². The number of amides is 1. The molecule has 1 aromatic rings. The molecule has 1 fully saturated rings. The van der Waals surface area contributed by atoms with Crippen molar-refractivity contribution in [3.05, 3.63) is 15.5 Å². The van der Waals surface area contributed by atoms with Crippen molar-refractivity contribution < 1.29 is 19.4 Å². The molecule has 1 saturated heterocycles. The molecule has 1 N–H and O–H groups in total. The molecule has 0 atom stereocenters. The smallest absolute Gasteiger partial charge is 0.407 e. The van der Waals surface area contributed by atoms with Crippen molar-refractivity contribution in [2.75, 3.05) is 13.1 Å². The highest BCUT2D eigenvalue weighted by Gasteiger charge is 2.28. The largest absolute Gasteiger partial charge is 0.465 e. The van der Waals surface area contributed by atoms with Gasteiger partial charge in [-0.3, -0.25) is 4.79 Å². The minimum absolute atomic E-state index is 0.169. The number of piperidine rings is 1. The first-order chi connectivity index (χ1) is 9.06. The van der Waals surface area contributed by atoms with Gasteiger partial charge in [0.25, 0.3) is 0 Å². The molecule has 1 aliphatic rings. The summed E-state index contributed by atoms with van der Waals surface area (Å²) in [7, 11) is 0. The van der Waals surface area contributed by atoms with E-state index in [1.165, 1.54) is 16.2 Å². The summed E-state index contributed by atoms with van der Waals surface area (Å²) in [5.74, 6) is -0.506. The summed E-state index contributed by atoms with van der Waals surface area (Å²) in [5, 5.41) is 8.81. The molecule has 6 nitrogen and oxygen atoms in total. The van der Waals surface area contributed by atoms with Crippen LogP contribution >= 0.6 is 22.9 Å². The van der Waals surface area contributed by atoms with Gasteiger partial charge in [-0.05, 0) is 12.8 Å². The summed E-state index contributed by atoms with van der Waals surface area (Å²) in [5.41, 5.74) is 0. The van der Waals surface area contributed by atoms with Gasteiger partial charge in [0, 0.05) is 19.3 Å². The van der Waals surface area contributed by atoms with E-state index in [4.69, 9.17) is 21.4 Å². The maximum Gasteiger partial charge on any atom is 0.407 e.